The van der Waals surface area contributed by atoms with E-state index in [1.165, 1.54) is 0 Å². The first kappa shape index (κ1) is 15.2. The highest BCUT2D eigenvalue weighted by atomic mass is 16.5. The summed E-state index contributed by atoms with van der Waals surface area (Å²) in [5.41, 5.74) is -0.104. The molecular formula is C14H22N6O. The minimum Gasteiger partial charge on any atom is -0.373 e. The quantitative estimate of drug-likeness (QED) is 0.872. The van der Waals surface area contributed by atoms with Crippen LogP contribution in [-0.2, 0) is 11.8 Å². The Morgan fingerprint density at radius 2 is 1.86 bits per heavy atom. The van der Waals surface area contributed by atoms with Gasteiger partial charge in [0.15, 0.2) is 5.82 Å². The van der Waals surface area contributed by atoms with Crippen LogP contribution in [0.2, 0.25) is 0 Å². The van der Waals surface area contributed by atoms with E-state index in [4.69, 9.17) is 4.52 Å². The van der Waals surface area contributed by atoms with Crippen LogP contribution in [0.15, 0.2) is 10.6 Å². The molecule has 0 atom stereocenters. The zero-order chi connectivity index (χ0) is 15.5. The molecule has 0 bridgehead atoms. The van der Waals surface area contributed by atoms with Crippen molar-refractivity contribution in [3.05, 3.63) is 23.6 Å². The molecule has 0 saturated heterocycles. The van der Waals surface area contributed by atoms with E-state index in [1.54, 1.807) is 6.92 Å². The third-order valence-electron chi connectivity index (χ3n) is 2.87. The average Bonchev–Trinajstić information content (AvgIpc) is 2.83. The largest absolute Gasteiger partial charge is 0.373 e. The van der Waals surface area contributed by atoms with Crippen LogP contribution in [0.4, 0.5) is 11.6 Å². The topological polar surface area (TPSA) is 88.8 Å². The SMILES string of the molecule is CNc1cc(NCCc2nc(C)no2)nc(C(C)(C)C)n1. The van der Waals surface area contributed by atoms with Crippen LogP contribution in [0, 0.1) is 6.92 Å². The molecule has 0 aliphatic rings. The van der Waals surface area contributed by atoms with Crippen molar-refractivity contribution in [2.75, 3.05) is 24.2 Å². The van der Waals surface area contributed by atoms with Crippen molar-refractivity contribution in [1.29, 1.82) is 0 Å². The van der Waals surface area contributed by atoms with Crippen LogP contribution in [-0.4, -0.2) is 33.7 Å². The van der Waals surface area contributed by atoms with Gasteiger partial charge in [0.1, 0.15) is 17.5 Å². The molecule has 2 aromatic rings. The van der Waals surface area contributed by atoms with Gasteiger partial charge in [0.25, 0.3) is 0 Å². The summed E-state index contributed by atoms with van der Waals surface area (Å²) >= 11 is 0. The Morgan fingerprint density at radius 3 is 2.43 bits per heavy atom. The average molecular weight is 290 g/mol. The van der Waals surface area contributed by atoms with Crippen molar-refractivity contribution in [2.24, 2.45) is 0 Å². The summed E-state index contributed by atoms with van der Waals surface area (Å²) in [7, 11) is 1.85. The van der Waals surface area contributed by atoms with Crippen molar-refractivity contribution in [1.82, 2.24) is 20.1 Å². The van der Waals surface area contributed by atoms with Crippen LogP contribution in [0.3, 0.4) is 0 Å². The lowest BCUT2D eigenvalue weighted by molar-refractivity contribution is 0.377. The summed E-state index contributed by atoms with van der Waals surface area (Å²) in [6.45, 7) is 8.75. The molecule has 7 nitrogen and oxygen atoms in total. The van der Waals surface area contributed by atoms with E-state index < -0.39 is 0 Å². The molecule has 0 saturated carbocycles. The minimum absolute atomic E-state index is 0.104. The van der Waals surface area contributed by atoms with Gasteiger partial charge in [0.05, 0.1) is 0 Å². The van der Waals surface area contributed by atoms with Crippen molar-refractivity contribution >= 4 is 11.6 Å². The van der Waals surface area contributed by atoms with E-state index in [0.717, 1.165) is 17.5 Å². The van der Waals surface area contributed by atoms with Crippen molar-refractivity contribution in [2.45, 2.75) is 39.5 Å². The van der Waals surface area contributed by atoms with Crippen LogP contribution < -0.4 is 10.6 Å². The summed E-state index contributed by atoms with van der Waals surface area (Å²) in [6.07, 6.45) is 0.657. The molecule has 2 heterocycles. The zero-order valence-corrected chi connectivity index (χ0v) is 13.2. The molecule has 0 aliphatic heterocycles. The molecule has 0 aliphatic carbocycles. The smallest absolute Gasteiger partial charge is 0.228 e. The zero-order valence-electron chi connectivity index (χ0n) is 13.2. The molecule has 0 aromatic carbocycles. The Kier molecular flexibility index (Phi) is 4.40. The molecule has 2 N–H and O–H groups in total. The van der Waals surface area contributed by atoms with Crippen molar-refractivity contribution in [3.8, 4) is 0 Å². The molecule has 0 spiro atoms. The Labute approximate surface area is 124 Å². The van der Waals surface area contributed by atoms with Gasteiger partial charge in [-0.15, -0.1) is 0 Å². The number of nitrogens with zero attached hydrogens (tertiary/aromatic N) is 4. The highest BCUT2D eigenvalue weighted by Crippen LogP contribution is 2.22. The standard InChI is InChI=1S/C14H22N6O/c1-9-17-12(21-20-9)6-7-16-11-8-10(15-5)18-13(19-11)14(2,3)4/h8H,6-7H2,1-5H3,(H2,15,16,18,19). The summed E-state index contributed by atoms with van der Waals surface area (Å²) in [6, 6.07) is 1.88. The second-order valence-corrected chi connectivity index (χ2v) is 5.87. The molecule has 21 heavy (non-hydrogen) atoms. The predicted octanol–water partition coefficient (Wildman–Crippen LogP) is 2.16. The molecule has 0 radical (unpaired) electrons. The van der Waals surface area contributed by atoms with Crippen molar-refractivity contribution < 1.29 is 4.52 Å². The van der Waals surface area contributed by atoms with Gasteiger partial charge in [-0.3, -0.25) is 0 Å². The lowest BCUT2D eigenvalue weighted by Gasteiger charge is -2.18. The predicted molar refractivity (Wildman–Crippen MR) is 81.5 cm³/mol. The lowest BCUT2D eigenvalue weighted by atomic mass is 9.96. The number of aryl methyl sites for hydroxylation is 1. The van der Waals surface area contributed by atoms with Crippen LogP contribution in [0.5, 0.6) is 0 Å². The highest BCUT2D eigenvalue weighted by Gasteiger charge is 2.19. The second-order valence-electron chi connectivity index (χ2n) is 5.87. The summed E-state index contributed by atoms with van der Waals surface area (Å²) < 4.78 is 5.08. The number of rotatable bonds is 5. The maximum Gasteiger partial charge on any atom is 0.228 e. The van der Waals surface area contributed by atoms with Gasteiger partial charge in [-0.1, -0.05) is 25.9 Å². The van der Waals surface area contributed by atoms with Crippen LogP contribution in [0.25, 0.3) is 0 Å². The molecular weight excluding hydrogens is 268 g/mol. The van der Waals surface area contributed by atoms with E-state index in [0.29, 0.717) is 24.7 Å². The molecule has 114 valence electrons. The number of aromatic nitrogens is 4. The Morgan fingerprint density at radius 1 is 1.14 bits per heavy atom. The van der Waals surface area contributed by atoms with Gasteiger partial charge in [-0.05, 0) is 6.92 Å². The second kappa shape index (κ2) is 6.07. The van der Waals surface area contributed by atoms with Crippen LogP contribution in [0.1, 0.15) is 38.3 Å². The van der Waals surface area contributed by atoms with Gasteiger partial charge in [0, 0.05) is 31.5 Å². The number of anilines is 2. The fraction of sp³-hybridized carbons (Fsp3) is 0.571. The fourth-order valence-corrected chi connectivity index (χ4v) is 1.74. The van der Waals surface area contributed by atoms with E-state index in [1.807, 2.05) is 13.1 Å². The molecule has 0 unspecified atom stereocenters. The fourth-order valence-electron chi connectivity index (χ4n) is 1.74. The first-order chi connectivity index (χ1) is 9.88. The summed E-state index contributed by atoms with van der Waals surface area (Å²) in [4.78, 5) is 13.2. The lowest BCUT2D eigenvalue weighted by Crippen LogP contribution is -2.18. The minimum atomic E-state index is -0.104. The van der Waals surface area contributed by atoms with E-state index in [2.05, 4.69) is 51.5 Å². The number of hydrogen-bond donors (Lipinski definition) is 2. The Bertz CT molecular complexity index is 602. The van der Waals surface area contributed by atoms with Gasteiger partial charge in [-0.2, -0.15) is 4.98 Å². The first-order valence-electron chi connectivity index (χ1n) is 6.99. The van der Waals surface area contributed by atoms with E-state index >= 15 is 0 Å². The molecule has 0 amide bonds. The summed E-state index contributed by atoms with van der Waals surface area (Å²) in [5, 5.41) is 10.1. The molecule has 2 rings (SSSR count). The number of hydrogen-bond acceptors (Lipinski definition) is 7. The normalized spacial score (nSPS) is 11.5. The highest BCUT2D eigenvalue weighted by molar-refractivity contribution is 5.47. The third kappa shape index (κ3) is 4.14. The maximum atomic E-state index is 5.08. The molecule has 2 aromatic heterocycles. The maximum absolute atomic E-state index is 5.08. The third-order valence-corrected chi connectivity index (χ3v) is 2.87. The van der Waals surface area contributed by atoms with Crippen molar-refractivity contribution in [3.63, 3.8) is 0 Å². The Balaban J connectivity index is 2.05. The molecule has 0 fully saturated rings. The molecule has 7 heteroatoms. The monoisotopic (exact) mass is 290 g/mol. The van der Waals surface area contributed by atoms with Gasteiger partial charge >= 0.3 is 0 Å². The number of nitrogens with one attached hydrogen (secondary N) is 2. The van der Waals surface area contributed by atoms with E-state index in [-0.39, 0.29) is 5.41 Å². The van der Waals surface area contributed by atoms with Gasteiger partial charge in [-0.25, -0.2) is 9.97 Å². The summed E-state index contributed by atoms with van der Waals surface area (Å²) in [5.74, 6) is 3.66. The van der Waals surface area contributed by atoms with E-state index in [9.17, 15) is 0 Å². The van der Waals surface area contributed by atoms with Gasteiger partial charge in [0.2, 0.25) is 5.89 Å². The first-order valence-corrected chi connectivity index (χ1v) is 6.99. The van der Waals surface area contributed by atoms with Crippen LogP contribution >= 0.6 is 0 Å². The van der Waals surface area contributed by atoms with Gasteiger partial charge < -0.3 is 15.2 Å². The Hall–Kier alpha value is -2.18.